The number of nitrogens with one attached hydrogen (secondary N) is 1. The van der Waals surface area contributed by atoms with Crippen LogP contribution in [0.4, 0.5) is 0 Å². The Balaban J connectivity index is 1.74. The molecule has 3 rings (SSSR count). The van der Waals surface area contributed by atoms with E-state index in [1.54, 1.807) is 36.5 Å². The molecule has 0 unspecified atom stereocenters. The Morgan fingerprint density at radius 2 is 1.76 bits per heavy atom. The van der Waals surface area contributed by atoms with E-state index in [1.807, 2.05) is 0 Å². The lowest BCUT2D eigenvalue weighted by Crippen LogP contribution is -2.30. The highest BCUT2D eigenvalue weighted by Crippen LogP contribution is 2.32. The van der Waals surface area contributed by atoms with E-state index in [2.05, 4.69) is 10.5 Å². The van der Waals surface area contributed by atoms with Crippen molar-refractivity contribution in [3.63, 3.8) is 0 Å². The molecule has 0 aliphatic carbocycles. The third kappa shape index (κ3) is 5.17. The van der Waals surface area contributed by atoms with Crippen molar-refractivity contribution in [3.05, 3.63) is 96.8 Å². The van der Waals surface area contributed by atoms with Crippen LogP contribution >= 0.6 is 34.8 Å². The van der Waals surface area contributed by atoms with Crippen molar-refractivity contribution in [3.8, 4) is 5.75 Å². The fourth-order valence-electron chi connectivity index (χ4n) is 2.51. The highest BCUT2D eigenvalue weighted by Gasteiger charge is 2.12. The van der Waals surface area contributed by atoms with Crippen molar-refractivity contribution in [2.45, 2.75) is 6.54 Å². The van der Waals surface area contributed by atoms with Gasteiger partial charge in [0.15, 0.2) is 5.75 Å². The average Bonchev–Trinajstić information content (AvgIpc) is 2.69. The summed E-state index contributed by atoms with van der Waals surface area (Å²) in [4.78, 5) is 24.9. The maximum Gasteiger partial charge on any atom is 0.276 e. The summed E-state index contributed by atoms with van der Waals surface area (Å²) in [5.74, 6) is -0.896. The zero-order valence-electron chi connectivity index (χ0n) is 14.8. The molecule has 2 N–H and O–H groups in total. The lowest BCUT2D eigenvalue weighted by atomic mass is 10.2. The van der Waals surface area contributed by atoms with Gasteiger partial charge in [-0.25, -0.2) is 5.43 Å². The monoisotopic (exact) mass is 449 g/mol. The molecule has 1 aromatic heterocycles. The van der Waals surface area contributed by atoms with Crippen molar-refractivity contribution in [1.29, 1.82) is 0 Å². The van der Waals surface area contributed by atoms with E-state index in [1.165, 1.54) is 29.0 Å². The van der Waals surface area contributed by atoms with Crippen molar-refractivity contribution in [2.24, 2.45) is 5.10 Å². The van der Waals surface area contributed by atoms with Gasteiger partial charge in [-0.1, -0.05) is 46.9 Å². The van der Waals surface area contributed by atoms with E-state index in [9.17, 15) is 14.7 Å². The topological polar surface area (TPSA) is 83.7 Å². The molecule has 6 nitrogen and oxygen atoms in total. The Morgan fingerprint density at radius 3 is 2.41 bits per heavy atom. The quantitative estimate of drug-likeness (QED) is 0.448. The summed E-state index contributed by atoms with van der Waals surface area (Å²) in [6.07, 6.45) is 2.89. The first-order chi connectivity index (χ1) is 13.8. The van der Waals surface area contributed by atoms with Gasteiger partial charge in [-0.3, -0.25) is 9.59 Å². The number of aromatic nitrogens is 1. The Kier molecular flexibility index (Phi) is 6.59. The molecule has 0 aliphatic heterocycles. The van der Waals surface area contributed by atoms with Crippen LogP contribution < -0.4 is 11.0 Å². The van der Waals surface area contributed by atoms with E-state index < -0.39 is 11.5 Å². The molecule has 1 heterocycles. The lowest BCUT2D eigenvalue weighted by molar-refractivity contribution is 0.0953. The van der Waals surface area contributed by atoms with Crippen LogP contribution in [0.15, 0.2) is 64.6 Å². The molecule has 29 heavy (non-hydrogen) atoms. The number of phenols is 1. The number of hydrogen-bond donors (Lipinski definition) is 2. The van der Waals surface area contributed by atoms with Crippen LogP contribution in [0.5, 0.6) is 5.75 Å². The van der Waals surface area contributed by atoms with Crippen molar-refractivity contribution in [1.82, 2.24) is 9.99 Å². The van der Waals surface area contributed by atoms with Crippen LogP contribution in [0.1, 0.15) is 21.5 Å². The molecule has 0 fully saturated rings. The first-order valence-corrected chi connectivity index (χ1v) is 9.44. The van der Waals surface area contributed by atoms with E-state index in [0.717, 1.165) is 5.56 Å². The number of aromatic hydroxyl groups is 1. The Labute approximate surface area is 181 Å². The smallest absolute Gasteiger partial charge is 0.276 e. The molecule has 0 radical (unpaired) electrons. The van der Waals surface area contributed by atoms with Gasteiger partial charge >= 0.3 is 0 Å². The van der Waals surface area contributed by atoms with Gasteiger partial charge in [0.1, 0.15) is 5.56 Å². The standard InChI is InChI=1S/C20H14Cl3N3O3/c21-14-5-3-12(4-6-14)11-26-7-1-2-15(20(26)29)19(28)25-24-10-13-8-16(22)18(27)17(23)9-13/h1-10,27H,11H2,(H,25,28)/b24-10-. The maximum atomic E-state index is 12.6. The number of nitrogens with zero attached hydrogens (tertiary/aromatic N) is 2. The van der Waals surface area contributed by atoms with Crippen LogP contribution in [0.25, 0.3) is 0 Å². The summed E-state index contributed by atoms with van der Waals surface area (Å²) in [5.41, 5.74) is 3.12. The Bertz CT molecular complexity index is 1120. The number of carbonyl (C=O) groups is 1. The van der Waals surface area contributed by atoms with Crippen molar-refractivity contribution < 1.29 is 9.90 Å². The van der Waals surface area contributed by atoms with Gasteiger partial charge in [-0.2, -0.15) is 5.10 Å². The highest BCUT2D eigenvalue weighted by atomic mass is 35.5. The second-order valence-corrected chi connectivity index (χ2v) is 7.26. The highest BCUT2D eigenvalue weighted by molar-refractivity contribution is 6.37. The van der Waals surface area contributed by atoms with Gasteiger partial charge in [-0.15, -0.1) is 0 Å². The molecule has 0 saturated carbocycles. The SMILES string of the molecule is O=C(N/N=C\c1cc(Cl)c(O)c(Cl)c1)c1cccn(Cc2ccc(Cl)cc2)c1=O. The van der Waals surface area contributed by atoms with Gasteiger partial charge in [0.2, 0.25) is 0 Å². The molecule has 3 aromatic rings. The van der Waals surface area contributed by atoms with Crippen LogP contribution in [-0.2, 0) is 6.54 Å². The van der Waals surface area contributed by atoms with E-state index >= 15 is 0 Å². The van der Waals surface area contributed by atoms with Crippen LogP contribution in [0, 0.1) is 0 Å². The number of rotatable bonds is 5. The van der Waals surface area contributed by atoms with Crippen molar-refractivity contribution in [2.75, 3.05) is 0 Å². The minimum atomic E-state index is -0.660. The summed E-state index contributed by atoms with van der Waals surface area (Å²) in [6, 6.07) is 13.0. The fraction of sp³-hybridized carbons (Fsp3) is 0.0500. The summed E-state index contributed by atoms with van der Waals surface area (Å²) < 4.78 is 1.42. The molecule has 0 saturated heterocycles. The minimum Gasteiger partial charge on any atom is -0.505 e. The van der Waals surface area contributed by atoms with E-state index in [4.69, 9.17) is 34.8 Å². The molecule has 0 bridgehead atoms. The molecule has 1 amide bonds. The van der Waals surface area contributed by atoms with Crippen molar-refractivity contribution >= 4 is 46.9 Å². The van der Waals surface area contributed by atoms with Gasteiger partial charge in [0, 0.05) is 11.2 Å². The van der Waals surface area contributed by atoms with Crippen LogP contribution in [0.3, 0.4) is 0 Å². The molecular formula is C20H14Cl3N3O3. The molecule has 148 valence electrons. The second kappa shape index (κ2) is 9.13. The lowest BCUT2D eigenvalue weighted by Gasteiger charge is -2.08. The largest absolute Gasteiger partial charge is 0.505 e. The minimum absolute atomic E-state index is 0.0541. The fourth-order valence-corrected chi connectivity index (χ4v) is 3.14. The zero-order valence-corrected chi connectivity index (χ0v) is 17.0. The number of hydrogen-bond acceptors (Lipinski definition) is 4. The second-order valence-electron chi connectivity index (χ2n) is 6.01. The Morgan fingerprint density at radius 1 is 1.10 bits per heavy atom. The number of carbonyl (C=O) groups excluding carboxylic acids is 1. The molecule has 0 atom stereocenters. The van der Waals surface area contributed by atoms with E-state index in [0.29, 0.717) is 17.1 Å². The molecule has 0 aliphatic rings. The summed E-state index contributed by atoms with van der Waals surface area (Å²) >= 11 is 17.5. The van der Waals surface area contributed by atoms with Gasteiger partial charge in [0.05, 0.1) is 22.8 Å². The number of pyridine rings is 1. The summed E-state index contributed by atoms with van der Waals surface area (Å²) in [7, 11) is 0. The van der Waals surface area contributed by atoms with Gasteiger partial charge in [0.25, 0.3) is 11.5 Å². The van der Waals surface area contributed by atoms with Gasteiger partial charge < -0.3 is 9.67 Å². The van der Waals surface area contributed by atoms with E-state index in [-0.39, 0.29) is 21.4 Å². The number of halogens is 3. The number of phenolic OH excluding ortho intramolecular Hbond substituents is 1. The average molecular weight is 451 g/mol. The number of benzene rings is 2. The predicted molar refractivity (Wildman–Crippen MR) is 114 cm³/mol. The molecular weight excluding hydrogens is 437 g/mol. The predicted octanol–water partition coefficient (Wildman–Crippen LogP) is 4.33. The maximum absolute atomic E-state index is 12.6. The first kappa shape index (κ1) is 20.9. The van der Waals surface area contributed by atoms with Gasteiger partial charge in [-0.05, 0) is 47.5 Å². The summed E-state index contributed by atoms with van der Waals surface area (Å²) in [6.45, 7) is 0.297. The number of hydrazone groups is 1. The molecule has 2 aromatic carbocycles. The zero-order chi connectivity index (χ0) is 21.0. The third-order valence-electron chi connectivity index (χ3n) is 3.95. The Hall–Kier alpha value is -2.80. The molecule has 9 heteroatoms. The summed E-state index contributed by atoms with van der Waals surface area (Å²) in [5, 5.41) is 14.1. The molecule has 0 spiro atoms. The third-order valence-corrected chi connectivity index (χ3v) is 4.78. The van der Waals surface area contributed by atoms with Crippen LogP contribution in [-0.4, -0.2) is 21.8 Å². The normalized spacial score (nSPS) is 11.0. The first-order valence-electron chi connectivity index (χ1n) is 8.30. The van der Waals surface area contributed by atoms with Crippen LogP contribution in [0.2, 0.25) is 15.1 Å². The number of amides is 1.